The molecule has 24 nitrogen and oxygen atoms in total. The van der Waals surface area contributed by atoms with Crippen LogP contribution < -0.4 is 29.7 Å². The smallest absolute Gasteiger partial charge is 0.494 e. The van der Waals surface area contributed by atoms with Gasteiger partial charge in [-0.05, 0) is 94.3 Å². The van der Waals surface area contributed by atoms with E-state index in [2.05, 4.69) is 36.8 Å². The van der Waals surface area contributed by atoms with Gasteiger partial charge in [0.05, 0.1) is 58.0 Å². The van der Waals surface area contributed by atoms with Gasteiger partial charge in [-0.25, -0.2) is 4.79 Å². The molecule has 2 aliphatic heterocycles. The molecule has 446 valence electrons. The highest BCUT2D eigenvalue weighted by molar-refractivity contribution is 7.85. The number of amides is 2. The lowest BCUT2D eigenvalue weighted by atomic mass is 9.88. The predicted octanol–water partition coefficient (Wildman–Crippen LogP) is 6.22. The van der Waals surface area contributed by atoms with Gasteiger partial charge in [-0.3, -0.25) is 29.1 Å². The Bertz CT molecular complexity index is 3460. The Kier molecular flexibility index (Phi) is 19.6. The maximum absolute atomic E-state index is 17.1. The first kappa shape index (κ1) is 62.1. The van der Waals surface area contributed by atoms with Crippen molar-refractivity contribution in [1.29, 1.82) is 0 Å². The van der Waals surface area contributed by atoms with Crippen molar-refractivity contribution in [2.75, 3.05) is 80.4 Å². The standard InChI is InChI=1S/C55H68BF2N9O15S/c1-35-29-40(63-45(35)32-46-39(11-9-26-67(5,6)7)30-48(64(46)56(63,57)58)43-20-13-36(2)60-43)17-14-38-15-18-41(19-16-38)79-27-10-12-51(68)61-44(34-83(75,76)77)54(71)59-23-24-62(4)25-28-80-50-33-47(66(73)74)42(31-49(50)78-8)37(3)81-55(72)82-65-52(69)21-22-53(65)70/h13-22,29-33,37,44,60H,9-12,23-28,34H2,1-8H3,(H4-,59,61,68,69,70,71,75,76,77)/p+1. The fraction of sp³-hybridized carbons (Fsp3) is 0.382. The van der Waals surface area contributed by atoms with E-state index in [1.54, 1.807) is 54.4 Å². The number of hydrogen-bond acceptors (Lipinski definition) is 15. The number of quaternary nitrogens is 1. The highest BCUT2D eigenvalue weighted by Gasteiger charge is 2.54. The molecule has 0 aliphatic carbocycles. The minimum atomic E-state index is -4.72. The number of carbonyl (C=O) groups is 3. The molecule has 0 spiro atoms. The van der Waals surface area contributed by atoms with Gasteiger partial charge in [-0.15, -0.1) is 4.73 Å². The molecule has 3 aromatic heterocycles. The number of hydrogen-bond donors (Lipinski definition) is 6. The fourth-order valence-electron chi connectivity index (χ4n) is 9.47. The number of aromatic nitrogens is 3. The molecule has 6 N–H and O–H groups in total. The second kappa shape index (κ2) is 26.2. The molecule has 0 fully saturated rings. The number of nitro groups is 1. The Morgan fingerprint density at radius 3 is 2.30 bits per heavy atom. The lowest BCUT2D eigenvalue weighted by molar-refractivity contribution is -0.870. The average molecular weight is 1180 g/mol. The lowest BCUT2D eigenvalue weighted by Gasteiger charge is -2.31. The van der Waals surface area contributed by atoms with Gasteiger partial charge in [0, 0.05) is 79.4 Å². The minimum Gasteiger partial charge on any atom is -0.494 e. The summed E-state index contributed by atoms with van der Waals surface area (Å²) in [6.07, 6.45) is 5.99. The topological polar surface area (TPSA) is 291 Å². The summed E-state index contributed by atoms with van der Waals surface area (Å²) in [4.78, 5) is 59.4. The zero-order valence-corrected chi connectivity index (χ0v) is 48.1. The number of H-pyrrole nitrogens is 1. The van der Waals surface area contributed by atoms with Crippen LogP contribution in [0.4, 0.5) is 19.1 Å². The number of methoxy groups -OCH3 is 1. The number of aromatic hydroxyl groups is 2. The monoisotopic (exact) mass is 1180 g/mol. The van der Waals surface area contributed by atoms with E-state index in [1.807, 2.05) is 38.1 Å². The van der Waals surface area contributed by atoms with Crippen molar-refractivity contribution in [2.45, 2.75) is 58.6 Å². The summed E-state index contributed by atoms with van der Waals surface area (Å²) >= 11 is 0. The molecule has 2 amide bonds. The number of carbonyl (C=O) groups excluding carboxylic acids is 3. The molecule has 5 heterocycles. The van der Waals surface area contributed by atoms with Crippen LogP contribution in [-0.4, -0.2) is 173 Å². The number of nitrogens with one attached hydrogen (secondary N) is 3. The fourth-order valence-corrected chi connectivity index (χ4v) is 10.1. The first-order valence-corrected chi connectivity index (χ1v) is 28.1. The number of fused-ring (bicyclic) bond motifs is 2. The van der Waals surface area contributed by atoms with Gasteiger partial charge < -0.3 is 71.8 Å². The van der Waals surface area contributed by atoms with E-state index >= 15 is 8.63 Å². The van der Waals surface area contributed by atoms with Gasteiger partial charge in [0.25, 0.3) is 15.8 Å². The highest BCUT2D eigenvalue weighted by atomic mass is 32.2. The van der Waals surface area contributed by atoms with Gasteiger partial charge in [0.1, 0.15) is 35.9 Å². The number of halogens is 2. The number of aryl methyl sites for hydroxylation is 2. The predicted molar refractivity (Wildman–Crippen MR) is 304 cm³/mol. The van der Waals surface area contributed by atoms with E-state index < -0.39 is 75.3 Å². The zero-order chi connectivity index (χ0) is 60.6. The number of rotatable bonds is 28. The van der Waals surface area contributed by atoms with Gasteiger partial charge in [-0.2, -0.15) is 8.42 Å². The van der Waals surface area contributed by atoms with E-state index in [0.29, 0.717) is 51.0 Å². The van der Waals surface area contributed by atoms with E-state index in [1.165, 1.54) is 24.6 Å². The summed E-state index contributed by atoms with van der Waals surface area (Å²) in [5.41, 5.74) is 4.94. The Morgan fingerprint density at radius 2 is 1.66 bits per heavy atom. The van der Waals surface area contributed by atoms with Crippen LogP contribution >= 0.6 is 0 Å². The summed E-state index contributed by atoms with van der Waals surface area (Å²) in [6.45, 7) is 2.01. The molecular formula is C55H69BF2N9O15S+. The summed E-state index contributed by atoms with van der Waals surface area (Å²) in [5.74, 6) is -3.38. The number of allylic oxidation sites excluding steroid dienone is 2. The second-order valence-corrected chi connectivity index (χ2v) is 22.7. The highest BCUT2D eigenvalue weighted by Crippen LogP contribution is 2.41. The molecule has 28 heteroatoms. The Morgan fingerprint density at radius 1 is 0.952 bits per heavy atom. The van der Waals surface area contributed by atoms with Crippen LogP contribution in [-0.2, 0) is 24.4 Å². The van der Waals surface area contributed by atoms with Crippen LogP contribution in [0, 0.1) is 24.0 Å². The molecule has 2 unspecified atom stereocenters. The molecule has 0 saturated heterocycles. The molecule has 2 aromatic carbocycles. The Balaban J connectivity index is 0.867. The first-order valence-electron chi connectivity index (χ1n) is 26.5. The molecule has 7 rings (SSSR count). The van der Waals surface area contributed by atoms with Crippen LogP contribution in [0.3, 0.4) is 0 Å². The van der Waals surface area contributed by atoms with Crippen LogP contribution in [0.15, 0.2) is 84.1 Å². The van der Waals surface area contributed by atoms with E-state index in [9.17, 15) is 47.7 Å². The summed E-state index contributed by atoms with van der Waals surface area (Å²) < 4.78 is 93.1. The normalized spacial score (nSPS) is 14.6. The maximum atomic E-state index is 17.1. The average Bonchev–Trinajstić information content (AvgIpc) is 2.47. The molecule has 2 atom stereocenters. The number of benzene rings is 2. The molecule has 0 saturated carbocycles. The van der Waals surface area contributed by atoms with Crippen molar-refractivity contribution >= 4 is 64.7 Å². The van der Waals surface area contributed by atoms with Crippen molar-refractivity contribution in [1.82, 2.24) is 29.7 Å². The van der Waals surface area contributed by atoms with Crippen molar-refractivity contribution < 1.29 is 83.9 Å². The van der Waals surface area contributed by atoms with Gasteiger partial charge in [0.2, 0.25) is 23.6 Å². The maximum Gasteiger partial charge on any atom is 0.737 e. The molecule has 5 aromatic rings. The second-order valence-electron chi connectivity index (χ2n) is 21.2. The Hall–Kier alpha value is -8.47. The quantitative estimate of drug-likeness (QED) is 0.00616. The third-order valence-electron chi connectivity index (χ3n) is 13.6. The number of likely N-dealkylation sites (N-methyl/N-ethyl adjacent to an activating group) is 1. The largest absolute Gasteiger partial charge is 0.737 e. The van der Waals surface area contributed by atoms with Crippen LogP contribution in [0.25, 0.3) is 18.2 Å². The third kappa shape index (κ3) is 16.0. The summed E-state index contributed by atoms with van der Waals surface area (Å²) in [5, 5.41) is 36.4. The van der Waals surface area contributed by atoms with Crippen molar-refractivity contribution in [2.24, 2.45) is 0 Å². The van der Waals surface area contributed by atoms with Gasteiger partial charge in [0.15, 0.2) is 22.9 Å². The minimum absolute atomic E-state index is 0.0264. The van der Waals surface area contributed by atoms with Crippen LogP contribution in [0.1, 0.15) is 78.2 Å². The molecule has 83 heavy (non-hydrogen) atoms. The molecule has 2 aliphatic rings. The Labute approximate surface area is 478 Å². The van der Waals surface area contributed by atoms with Crippen LogP contribution in [0.2, 0.25) is 0 Å². The molecular weight excluding hydrogens is 1110 g/mol. The van der Waals surface area contributed by atoms with E-state index in [0.717, 1.165) is 57.0 Å². The zero-order valence-electron chi connectivity index (χ0n) is 47.3. The van der Waals surface area contributed by atoms with E-state index in [4.69, 9.17) is 23.8 Å². The number of aromatic amines is 1. The number of ether oxygens (including phenoxy) is 4. The lowest BCUT2D eigenvalue weighted by Crippen LogP contribution is -2.51. The molecule has 0 bridgehead atoms. The van der Waals surface area contributed by atoms with Gasteiger partial charge >= 0.3 is 13.1 Å². The SMILES string of the molecule is COc1cc(C(C)OC(=O)On2c(O)ccc2O)c([N+](=O)[O-])cc1OCCN(C)CCNC(=O)C(CS(=O)(=O)O)NC(=O)CCCOc1ccc(C=Cc2cc(C)c3n2[B-](F)(F)[N+]2=C(c4ccc(C)[nH]4)C=C(CCC[N+](C)(C)C)C2=C3)cc1. The number of nitrogens with zero attached hydrogens (tertiary/aromatic N) is 6. The van der Waals surface area contributed by atoms with Crippen molar-refractivity contribution in [3.63, 3.8) is 0 Å². The number of nitro benzene ring substituents is 1. The van der Waals surface area contributed by atoms with E-state index in [-0.39, 0.29) is 62.8 Å². The van der Waals surface area contributed by atoms with Gasteiger partial charge in [-0.1, -0.05) is 18.2 Å². The van der Waals surface area contributed by atoms with Crippen molar-refractivity contribution in [3.8, 4) is 29.0 Å². The molecule has 0 radical (unpaired) electrons. The third-order valence-corrected chi connectivity index (χ3v) is 14.4. The first-order chi connectivity index (χ1) is 39.1. The summed E-state index contributed by atoms with van der Waals surface area (Å²) in [6, 6.07) is 15.2. The van der Waals surface area contributed by atoms with Crippen LogP contribution in [0.5, 0.6) is 29.0 Å². The van der Waals surface area contributed by atoms with Crippen molar-refractivity contribution in [3.05, 3.63) is 134 Å². The summed E-state index contributed by atoms with van der Waals surface area (Å²) in [7, 11) is 4.57.